The zero-order valence-corrected chi connectivity index (χ0v) is 11.1. The number of amides is 1. The Labute approximate surface area is 111 Å². The fraction of sp³-hybridized carbons (Fsp3) is 0.417. The highest BCUT2D eigenvalue weighted by atomic mass is 16.2. The number of rotatable bonds is 5. The molecule has 0 spiro atoms. The van der Waals surface area contributed by atoms with Gasteiger partial charge >= 0.3 is 0 Å². The number of nitrogens with one attached hydrogen (secondary N) is 1. The van der Waals surface area contributed by atoms with Crippen molar-refractivity contribution in [2.45, 2.75) is 33.5 Å². The van der Waals surface area contributed by atoms with Crippen LogP contribution in [0.5, 0.6) is 0 Å². The number of nitrogens with zero attached hydrogens (tertiary/aromatic N) is 4. The summed E-state index contributed by atoms with van der Waals surface area (Å²) >= 11 is 0. The Balaban J connectivity index is 2.03. The van der Waals surface area contributed by atoms with E-state index in [4.69, 9.17) is 5.73 Å². The number of hydrogen-bond acceptors (Lipinski definition) is 4. The fourth-order valence-electron chi connectivity index (χ4n) is 1.82. The summed E-state index contributed by atoms with van der Waals surface area (Å²) in [4.78, 5) is 12.1. The highest BCUT2D eigenvalue weighted by Crippen LogP contribution is 2.10. The van der Waals surface area contributed by atoms with Crippen LogP contribution < -0.4 is 11.1 Å². The zero-order valence-electron chi connectivity index (χ0n) is 11.1. The van der Waals surface area contributed by atoms with E-state index in [1.54, 1.807) is 10.9 Å². The van der Waals surface area contributed by atoms with Gasteiger partial charge in [-0.15, -0.1) is 0 Å². The molecule has 2 rings (SSSR count). The third-order valence-electron chi connectivity index (χ3n) is 2.85. The van der Waals surface area contributed by atoms with Crippen molar-refractivity contribution in [1.82, 2.24) is 24.9 Å². The van der Waals surface area contributed by atoms with Crippen molar-refractivity contribution in [3.05, 3.63) is 29.8 Å². The Bertz CT molecular complexity index is 571. The maximum absolute atomic E-state index is 12.1. The van der Waals surface area contributed by atoms with Gasteiger partial charge in [0.15, 0.2) is 0 Å². The molecule has 2 aromatic heterocycles. The molecule has 0 atom stereocenters. The first kappa shape index (κ1) is 13.1. The molecule has 0 aromatic carbocycles. The van der Waals surface area contributed by atoms with Crippen molar-refractivity contribution in [3.8, 4) is 0 Å². The van der Waals surface area contributed by atoms with E-state index in [9.17, 15) is 4.79 Å². The van der Waals surface area contributed by atoms with E-state index in [1.165, 1.54) is 6.20 Å². The number of carbonyl (C=O) groups is 1. The molecule has 0 fully saturated rings. The second-order valence-electron chi connectivity index (χ2n) is 4.15. The Morgan fingerprint density at radius 2 is 2.11 bits per heavy atom. The van der Waals surface area contributed by atoms with Crippen molar-refractivity contribution in [2.24, 2.45) is 0 Å². The van der Waals surface area contributed by atoms with Crippen LogP contribution in [0.25, 0.3) is 0 Å². The largest absolute Gasteiger partial charge is 0.396 e. The predicted molar refractivity (Wildman–Crippen MR) is 71.4 cm³/mol. The topological polar surface area (TPSA) is 90.8 Å². The molecule has 2 aromatic rings. The minimum Gasteiger partial charge on any atom is -0.396 e. The molecule has 3 N–H and O–H groups in total. The maximum Gasteiger partial charge on any atom is 0.271 e. The van der Waals surface area contributed by atoms with Crippen molar-refractivity contribution in [3.63, 3.8) is 0 Å². The number of nitrogens with two attached hydrogens (primary N) is 1. The van der Waals surface area contributed by atoms with Gasteiger partial charge in [-0.1, -0.05) is 0 Å². The summed E-state index contributed by atoms with van der Waals surface area (Å²) < 4.78 is 3.40. The van der Waals surface area contributed by atoms with Gasteiger partial charge in [-0.3, -0.25) is 14.2 Å². The molecule has 0 aliphatic carbocycles. The molecule has 0 unspecified atom stereocenters. The van der Waals surface area contributed by atoms with Gasteiger partial charge in [0.05, 0.1) is 18.1 Å². The van der Waals surface area contributed by atoms with Crippen molar-refractivity contribution in [2.75, 3.05) is 5.73 Å². The lowest BCUT2D eigenvalue weighted by molar-refractivity contribution is 0.0941. The molecule has 102 valence electrons. The smallest absolute Gasteiger partial charge is 0.271 e. The molecule has 7 nitrogen and oxygen atoms in total. The summed E-state index contributed by atoms with van der Waals surface area (Å²) in [5.74, 6) is -0.221. The predicted octanol–water partition coefficient (Wildman–Crippen LogP) is 0.632. The van der Waals surface area contributed by atoms with E-state index in [2.05, 4.69) is 15.5 Å². The van der Waals surface area contributed by atoms with Gasteiger partial charge in [0, 0.05) is 31.4 Å². The molecule has 19 heavy (non-hydrogen) atoms. The van der Waals surface area contributed by atoms with E-state index in [0.29, 0.717) is 24.5 Å². The van der Waals surface area contributed by atoms with Crippen molar-refractivity contribution < 1.29 is 4.79 Å². The molecule has 0 bridgehead atoms. The zero-order chi connectivity index (χ0) is 13.8. The molecular formula is C12H18N6O. The second-order valence-corrected chi connectivity index (χ2v) is 4.15. The van der Waals surface area contributed by atoms with Gasteiger partial charge < -0.3 is 11.1 Å². The van der Waals surface area contributed by atoms with Crippen molar-refractivity contribution in [1.29, 1.82) is 0 Å². The lowest BCUT2D eigenvalue weighted by Crippen LogP contribution is -2.26. The van der Waals surface area contributed by atoms with E-state index in [-0.39, 0.29) is 5.91 Å². The normalized spacial score (nSPS) is 10.6. The Morgan fingerprint density at radius 3 is 2.74 bits per heavy atom. The standard InChI is InChI=1S/C12H18N6O/c1-3-17-8-9(6-15-17)5-14-12(19)11-10(13)7-16-18(11)4-2/h6-8H,3-5,13H2,1-2H3,(H,14,19). The van der Waals surface area contributed by atoms with Gasteiger partial charge in [0.1, 0.15) is 5.69 Å². The van der Waals surface area contributed by atoms with Crippen LogP contribution in [-0.4, -0.2) is 25.5 Å². The van der Waals surface area contributed by atoms with Crippen LogP contribution in [-0.2, 0) is 19.6 Å². The molecule has 0 saturated carbocycles. The average molecular weight is 262 g/mol. The molecule has 0 aliphatic rings. The van der Waals surface area contributed by atoms with Crippen LogP contribution in [0.4, 0.5) is 5.69 Å². The molecule has 1 amide bonds. The summed E-state index contributed by atoms with van der Waals surface area (Å²) in [6, 6.07) is 0. The lowest BCUT2D eigenvalue weighted by Gasteiger charge is -2.06. The van der Waals surface area contributed by atoms with Gasteiger partial charge in [-0.05, 0) is 13.8 Å². The molecule has 0 radical (unpaired) electrons. The van der Waals surface area contributed by atoms with Crippen LogP contribution in [0.2, 0.25) is 0 Å². The van der Waals surface area contributed by atoms with Crippen LogP contribution in [0.3, 0.4) is 0 Å². The monoisotopic (exact) mass is 262 g/mol. The van der Waals surface area contributed by atoms with Gasteiger partial charge in [-0.25, -0.2) is 0 Å². The number of aryl methyl sites for hydroxylation is 2. The Morgan fingerprint density at radius 1 is 1.32 bits per heavy atom. The Hall–Kier alpha value is -2.31. The molecule has 0 aliphatic heterocycles. The van der Waals surface area contributed by atoms with E-state index in [1.807, 2.05) is 24.7 Å². The number of hydrogen-bond donors (Lipinski definition) is 2. The first-order valence-corrected chi connectivity index (χ1v) is 6.26. The quantitative estimate of drug-likeness (QED) is 0.827. The minimum atomic E-state index is -0.221. The third-order valence-corrected chi connectivity index (χ3v) is 2.85. The van der Waals surface area contributed by atoms with Crippen LogP contribution in [0.15, 0.2) is 18.6 Å². The lowest BCUT2D eigenvalue weighted by atomic mass is 10.3. The first-order valence-electron chi connectivity index (χ1n) is 6.26. The fourth-order valence-corrected chi connectivity index (χ4v) is 1.82. The summed E-state index contributed by atoms with van der Waals surface area (Å²) in [5, 5.41) is 11.0. The van der Waals surface area contributed by atoms with E-state index < -0.39 is 0 Å². The SMILES string of the molecule is CCn1cc(CNC(=O)c2c(N)cnn2CC)cn1. The maximum atomic E-state index is 12.1. The van der Waals surface area contributed by atoms with Gasteiger partial charge in [-0.2, -0.15) is 10.2 Å². The third kappa shape index (κ3) is 2.75. The highest BCUT2D eigenvalue weighted by Gasteiger charge is 2.15. The number of anilines is 1. The summed E-state index contributed by atoms with van der Waals surface area (Å²) in [5.41, 5.74) is 7.51. The molecule has 2 heterocycles. The number of aromatic nitrogens is 4. The van der Waals surface area contributed by atoms with Crippen LogP contribution >= 0.6 is 0 Å². The Kier molecular flexibility index (Phi) is 3.84. The van der Waals surface area contributed by atoms with Crippen molar-refractivity contribution >= 4 is 11.6 Å². The molecule has 7 heteroatoms. The highest BCUT2D eigenvalue weighted by molar-refractivity contribution is 5.97. The number of carbonyl (C=O) groups excluding carboxylic acids is 1. The van der Waals surface area contributed by atoms with Gasteiger partial charge in [0.25, 0.3) is 5.91 Å². The first-order chi connectivity index (χ1) is 9.15. The van der Waals surface area contributed by atoms with Gasteiger partial charge in [0.2, 0.25) is 0 Å². The molecular weight excluding hydrogens is 244 g/mol. The van der Waals surface area contributed by atoms with E-state index in [0.717, 1.165) is 12.1 Å². The number of nitrogen functional groups attached to an aromatic ring is 1. The van der Waals surface area contributed by atoms with Crippen LogP contribution in [0.1, 0.15) is 29.9 Å². The second kappa shape index (κ2) is 5.55. The molecule has 0 saturated heterocycles. The summed E-state index contributed by atoms with van der Waals surface area (Å²) in [6.07, 6.45) is 5.14. The summed E-state index contributed by atoms with van der Waals surface area (Å²) in [7, 11) is 0. The summed E-state index contributed by atoms with van der Waals surface area (Å²) in [6.45, 7) is 5.76. The van der Waals surface area contributed by atoms with Crippen LogP contribution in [0, 0.1) is 0 Å². The van der Waals surface area contributed by atoms with E-state index >= 15 is 0 Å². The minimum absolute atomic E-state index is 0.221. The average Bonchev–Trinajstić information content (AvgIpc) is 3.02.